The number of esters is 1. The van der Waals surface area contributed by atoms with Gasteiger partial charge in [-0.05, 0) is 55.8 Å². The van der Waals surface area contributed by atoms with Gasteiger partial charge in [-0.1, -0.05) is 35.9 Å². The number of carbonyl (C=O) groups is 1. The molecule has 0 N–H and O–H groups in total. The molecule has 1 aliphatic rings. The Hall–Kier alpha value is -2.20. The quantitative estimate of drug-likeness (QED) is 0.784. The van der Waals surface area contributed by atoms with Gasteiger partial charge in [0.2, 0.25) is 5.54 Å². The number of benzene rings is 2. The summed E-state index contributed by atoms with van der Waals surface area (Å²) in [5, 5.41) is 1.45. The highest BCUT2D eigenvalue weighted by Crippen LogP contribution is 2.34. The van der Waals surface area contributed by atoms with Gasteiger partial charge < -0.3 is 4.74 Å². The van der Waals surface area contributed by atoms with E-state index < -0.39 is 22.9 Å². The predicted octanol–water partition coefficient (Wildman–Crippen LogP) is 3.13. The second-order valence-electron chi connectivity index (χ2n) is 6.71. The molecule has 5 heteroatoms. The summed E-state index contributed by atoms with van der Waals surface area (Å²) in [5.41, 5.74) is -1.57. The van der Waals surface area contributed by atoms with Crippen LogP contribution in [0.15, 0.2) is 47.5 Å². The number of hydrogen-bond donors (Lipinski definition) is 0. The van der Waals surface area contributed by atoms with Crippen molar-refractivity contribution in [3.8, 4) is 0 Å². The van der Waals surface area contributed by atoms with Crippen LogP contribution in [0.4, 0.5) is 4.39 Å². The maximum Gasteiger partial charge on any atom is 0.343 e. The lowest BCUT2D eigenvalue weighted by atomic mass is 9.90. The van der Waals surface area contributed by atoms with Gasteiger partial charge in [0.15, 0.2) is 0 Å². The molecule has 3 rings (SSSR count). The fourth-order valence-corrected chi connectivity index (χ4v) is 2.80. The van der Waals surface area contributed by atoms with E-state index in [1.807, 2.05) is 24.3 Å². The van der Waals surface area contributed by atoms with Crippen molar-refractivity contribution in [3.63, 3.8) is 0 Å². The van der Waals surface area contributed by atoms with Gasteiger partial charge in [-0.25, -0.2) is 9.18 Å². The second-order valence-corrected chi connectivity index (χ2v) is 7.12. The lowest BCUT2D eigenvalue weighted by molar-refractivity contribution is -0.159. The van der Waals surface area contributed by atoms with Crippen LogP contribution in [0.25, 0.3) is 6.08 Å². The van der Waals surface area contributed by atoms with Gasteiger partial charge in [0, 0.05) is 0 Å². The number of ether oxygens (including phenoxy) is 1. The molecule has 1 unspecified atom stereocenters. The molecule has 0 bridgehead atoms. The van der Waals surface area contributed by atoms with Crippen molar-refractivity contribution in [2.24, 2.45) is 4.99 Å². The molecule has 1 heterocycles. The van der Waals surface area contributed by atoms with Crippen molar-refractivity contribution >= 4 is 23.6 Å². The molecule has 0 saturated carbocycles. The number of hydrogen-bond acceptors (Lipinski definition) is 3. The van der Waals surface area contributed by atoms with Crippen molar-refractivity contribution in [2.75, 3.05) is 0 Å². The molecule has 2 aromatic rings. The number of nitrogens with zero attached hydrogens (tertiary/aromatic N) is 1. The molecular formula is C19H17ClFNO2. The van der Waals surface area contributed by atoms with Crippen LogP contribution in [0.2, 0.25) is 5.02 Å². The molecule has 0 saturated heterocycles. The lowest BCUT2D eigenvalue weighted by Crippen LogP contribution is -2.38. The zero-order chi connectivity index (χ0) is 17.5. The molecule has 24 heavy (non-hydrogen) atoms. The van der Waals surface area contributed by atoms with E-state index in [1.54, 1.807) is 26.8 Å². The van der Waals surface area contributed by atoms with Crippen molar-refractivity contribution in [1.29, 1.82) is 0 Å². The summed E-state index contributed by atoms with van der Waals surface area (Å²) in [7, 11) is 0. The van der Waals surface area contributed by atoms with Gasteiger partial charge in [0.25, 0.3) is 0 Å². The van der Waals surface area contributed by atoms with Crippen LogP contribution < -0.4 is 10.6 Å². The molecule has 1 aliphatic heterocycles. The molecule has 2 aromatic carbocycles. The van der Waals surface area contributed by atoms with Crippen LogP contribution in [0.1, 0.15) is 26.3 Å². The molecule has 124 valence electrons. The van der Waals surface area contributed by atoms with E-state index in [0.717, 1.165) is 5.22 Å². The molecule has 0 aliphatic carbocycles. The van der Waals surface area contributed by atoms with Gasteiger partial charge in [-0.2, -0.15) is 0 Å². The first-order valence-corrected chi connectivity index (χ1v) is 7.96. The summed E-state index contributed by atoms with van der Waals surface area (Å²) in [4.78, 5) is 17.6. The van der Waals surface area contributed by atoms with E-state index in [9.17, 15) is 9.18 Å². The zero-order valence-electron chi connectivity index (χ0n) is 13.6. The Balaban J connectivity index is 2.21. The van der Waals surface area contributed by atoms with Crippen LogP contribution in [-0.4, -0.2) is 11.6 Å². The number of para-hydroxylation sites is 1. The van der Waals surface area contributed by atoms with Gasteiger partial charge in [0.05, 0.1) is 10.4 Å². The van der Waals surface area contributed by atoms with E-state index >= 15 is 0 Å². The molecule has 0 spiro atoms. The maximum absolute atomic E-state index is 13.6. The van der Waals surface area contributed by atoms with E-state index in [0.29, 0.717) is 10.9 Å². The maximum atomic E-state index is 13.6. The standard InChI is InChI=1S/C19H17ClFNO2/c1-18(2,3)24-17(23)19(13-8-9-15(21)14(20)10-13)11-12-6-4-5-7-16(12)22-19/h4-11H,1-3H3. The number of fused-ring (bicyclic) bond motifs is 1. The topological polar surface area (TPSA) is 38.7 Å². The van der Waals surface area contributed by atoms with Crippen molar-refractivity contribution in [1.82, 2.24) is 0 Å². The molecular weight excluding hydrogens is 329 g/mol. The van der Waals surface area contributed by atoms with Gasteiger partial charge in [-0.3, -0.25) is 4.99 Å². The average Bonchev–Trinajstić information content (AvgIpc) is 2.89. The zero-order valence-corrected chi connectivity index (χ0v) is 14.4. The monoisotopic (exact) mass is 345 g/mol. The molecule has 1 atom stereocenters. The summed E-state index contributed by atoms with van der Waals surface area (Å²) in [6, 6.07) is 11.6. The highest BCUT2D eigenvalue weighted by Gasteiger charge is 2.43. The van der Waals surface area contributed by atoms with Crippen LogP contribution in [0, 0.1) is 5.82 Å². The average molecular weight is 346 g/mol. The number of carbonyl (C=O) groups excluding carboxylic acids is 1. The third-order valence-electron chi connectivity index (χ3n) is 3.67. The van der Waals surface area contributed by atoms with Crippen molar-refractivity contribution < 1.29 is 13.9 Å². The minimum atomic E-state index is -1.37. The Labute approximate surface area is 144 Å². The molecule has 0 amide bonds. The van der Waals surface area contributed by atoms with Crippen molar-refractivity contribution in [3.05, 3.63) is 69.4 Å². The summed E-state index contributed by atoms with van der Waals surface area (Å²) in [6.45, 7) is 5.37. The first-order valence-electron chi connectivity index (χ1n) is 7.58. The van der Waals surface area contributed by atoms with E-state index in [-0.39, 0.29) is 5.02 Å². The van der Waals surface area contributed by atoms with Crippen LogP contribution in [-0.2, 0) is 15.1 Å². The van der Waals surface area contributed by atoms with Gasteiger partial charge in [0.1, 0.15) is 11.4 Å². The fraction of sp³-hybridized carbons (Fsp3) is 0.263. The van der Waals surface area contributed by atoms with Gasteiger partial charge >= 0.3 is 5.97 Å². The number of halogens is 2. The van der Waals surface area contributed by atoms with Crippen molar-refractivity contribution in [2.45, 2.75) is 31.9 Å². The Bertz CT molecular complexity index is 896. The summed E-state index contributed by atoms with van der Waals surface area (Å²) in [6.07, 6.45) is 1.74. The highest BCUT2D eigenvalue weighted by atomic mass is 35.5. The van der Waals surface area contributed by atoms with Crippen LogP contribution in [0.5, 0.6) is 0 Å². The highest BCUT2D eigenvalue weighted by molar-refractivity contribution is 6.30. The SMILES string of the molecule is CC(C)(C)OC(=O)C1(c2ccc(F)c(Cl)c2)C=c2ccccc2=N1. The van der Waals surface area contributed by atoms with E-state index in [4.69, 9.17) is 16.3 Å². The second kappa shape index (κ2) is 5.71. The molecule has 0 radical (unpaired) electrons. The third-order valence-corrected chi connectivity index (χ3v) is 3.96. The summed E-state index contributed by atoms with van der Waals surface area (Å²) in [5.74, 6) is -1.07. The normalized spacial score (nSPS) is 19.2. The minimum absolute atomic E-state index is 0.0602. The largest absolute Gasteiger partial charge is 0.458 e. The Morgan fingerprint density at radius 2 is 1.92 bits per heavy atom. The fourth-order valence-electron chi connectivity index (χ4n) is 2.62. The molecule has 0 aromatic heterocycles. The van der Waals surface area contributed by atoms with Crippen LogP contribution in [0.3, 0.4) is 0 Å². The summed E-state index contributed by atoms with van der Waals surface area (Å²) >= 11 is 5.92. The molecule has 3 nitrogen and oxygen atoms in total. The van der Waals surface area contributed by atoms with E-state index in [1.165, 1.54) is 18.2 Å². The predicted molar refractivity (Wildman–Crippen MR) is 90.6 cm³/mol. The Kier molecular flexibility index (Phi) is 3.96. The smallest absolute Gasteiger partial charge is 0.343 e. The third kappa shape index (κ3) is 2.94. The number of rotatable bonds is 2. The molecule has 0 fully saturated rings. The Morgan fingerprint density at radius 1 is 1.21 bits per heavy atom. The summed E-state index contributed by atoms with van der Waals surface area (Å²) < 4.78 is 19.1. The Morgan fingerprint density at radius 3 is 2.54 bits per heavy atom. The first kappa shape index (κ1) is 16.7. The first-order chi connectivity index (χ1) is 11.2. The van der Waals surface area contributed by atoms with E-state index in [2.05, 4.69) is 4.99 Å². The van der Waals surface area contributed by atoms with Crippen LogP contribution >= 0.6 is 11.6 Å². The lowest BCUT2D eigenvalue weighted by Gasteiger charge is -2.28. The minimum Gasteiger partial charge on any atom is -0.458 e. The van der Waals surface area contributed by atoms with Gasteiger partial charge in [-0.15, -0.1) is 0 Å².